The molecular weight excluding hydrogens is 342 g/mol. The van der Waals surface area contributed by atoms with Crippen LogP contribution in [0.4, 0.5) is 11.5 Å². The average molecular weight is 362 g/mol. The Kier molecular flexibility index (Phi) is 5.95. The van der Waals surface area contributed by atoms with E-state index < -0.39 is 0 Å². The van der Waals surface area contributed by atoms with Crippen molar-refractivity contribution >= 4 is 33.3 Å². The monoisotopic (exact) mass is 361 g/mol. The van der Waals surface area contributed by atoms with Crippen LogP contribution in [0.3, 0.4) is 0 Å². The highest BCUT2D eigenvalue weighted by Gasteiger charge is 2.05. The molecule has 0 unspecified atom stereocenters. The van der Waals surface area contributed by atoms with E-state index >= 15 is 0 Å². The molecule has 4 nitrogen and oxygen atoms in total. The molecule has 0 saturated heterocycles. The molecule has 1 aromatic carbocycles. The molecule has 2 aromatic rings. The first-order valence-corrected chi connectivity index (χ1v) is 8.06. The standard InChI is InChI=1S/C17H20BrN3O/c1-12(2)10-19-15-6-7-16(20-11-15)21-17(22)9-13-4-3-5-14(18)8-13/h3-8,11-12,19H,9-10H2,1-2H3,(H,20,21,22). The molecule has 0 aliphatic rings. The number of nitrogens with zero attached hydrogens (tertiary/aromatic N) is 1. The number of benzene rings is 1. The number of anilines is 2. The van der Waals surface area contributed by atoms with Gasteiger partial charge in [0.15, 0.2) is 0 Å². The summed E-state index contributed by atoms with van der Waals surface area (Å²) in [6, 6.07) is 11.4. The van der Waals surface area contributed by atoms with Gasteiger partial charge in [-0.1, -0.05) is 41.9 Å². The first-order valence-electron chi connectivity index (χ1n) is 7.27. The van der Waals surface area contributed by atoms with Gasteiger partial charge in [0.25, 0.3) is 0 Å². The minimum absolute atomic E-state index is 0.0755. The molecule has 0 aliphatic carbocycles. The van der Waals surface area contributed by atoms with Crippen molar-refractivity contribution in [3.63, 3.8) is 0 Å². The second-order valence-corrected chi connectivity index (χ2v) is 6.48. The number of carbonyl (C=O) groups is 1. The lowest BCUT2D eigenvalue weighted by Crippen LogP contribution is -2.15. The number of halogens is 1. The summed E-state index contributed by atoms with van der Waals surface area (Å²) in [5.41, 5.74) is 1.92. The van der Waals surface area contributed by atoms with Crippen molar-refractivity contribution in [3.05, 3.63) is 52.6 Å². The predicted octanol–water partition coefficient (Wildman–Crippen LogP) is 4.09. The van der Waals surface area contributed by atoms with Gasteiger partial charge in [-0.2, -0.15) is 0 Å². The van der Waals surface area contributed by atoms with E-state index in [9.17, 15) is 4.79 Å². The van der Waals surface area contributed by atoms with Crippen molar-refractivity contribution in [1.82, 2.24) is 4.98 Å². The summed E-state index contributed by atoms with van der Waals surface area (Å²) in [4.78, 5) is 16.3. The molecule has 1 aromatic heterocycles. The number of pyridine rings is 1. The Hall–Kier alpha value is -1.88. The quantitative estimate of drug-likeness (QED) is 0.814. The van der Waals surface area contributed by atoms with Crippen LogP contribution in [-0.4, -0.2) is 17.4 Å². The van der Waals surface area contributed by atoms with Crippen molar-refractivity contribution in [1.29, 1.82) is 0 Å². The highest BCUT2D eigenvalue weighted by molar-refractivity contribution is 9.10. The number of carbonyl (C=O) groups excluding carboxylic acids is 1. The largest absolute Gasteiger partial charge is 0.384 e. The third-order valence-electron chi connectivity index (χ3n) is 3.00. The van der Waals surface area contributed by atoms with Gasteiger partial charge >= 0.3 is 0 Å². The fourth-order valence-electron chi connectivity index (χ4n) is 1.91. The summed E-state index contributed by atoms with van der Waals surface area (Å²) in [7, 11) is 0. The molecule has 0 radical (unpaired) electrons. The number of nitrogens with one attached hydrogen (secondary N) is 2. The molecule has 5 heteroatoms. The van der Waals surface area contributed by atoms with Gasteiger partial charge in [-0.15, -0.1) is 0 Å². The molecule has 1 heterocycles. The Morgan fingerprint density at radius 3 is 2.73 bits per heavy atom. The second kappa shape index (κ2) is 7.94. The smallest absolute Gasteiger partial charge is 0.229 e. The Morgan fingerprint density at radius 2 is 2.09 bits per heavy atom. The molecule has 0 fully saturated rings. The lowest BCUT2D eigenvalue weighted by Gasteiger charge is -2.09. The number of amides is 1. The maximum atomic E-state index is 12.0. The maximum absolute atomic E-state index is 12.0. The van der Waals surface area contributed by atoms with Crippen molar-refractivity contribution in [3.8, 4) is 0 Å². The minimum atomic E-state index is -0.0755. The van der Waals surface area contributed by atoms with E-state index in [0.717, 1.165) is 22.3 Å². The van der Waals surface area contributed by atoms with Crippen LogP contribution in [0.25, 0.3) is 0 Å². The van der Waals surface area contributed by atoms with Crippen LogP contribution in [0.1, 0.15) is 19.4 Å². The molecule has 0 atom stereocenters. The van der Waals surface area contributed by atoms with Gasteiger partial charge in [0.2, 0.25) is 5.91 Å². The topological polar surface area (TPSA) is 54.0 Å². The van der Waals surface area contributed by atoms with Crippen molar-refractivity contribution < 1.29 is 4.79 Å². The molecular formula is C17H20BrN3O. The average Bonchev–Trinajstić information content (AvgIpc) is 2.46. The first kappa shape index (κ1) is 16.5. The lowest BCUT2D eigenvalue weighted by atomic mass is 10.1. The van der Waals surface area contributed by atoms with Crippen LogP contribution in [0.15, 0.2) is 47.1 Å². The van der Waals surface area contributed by atoms with Gasteiger partial charge in [-0.3, -0.25) is 4.79 Å². The summed E-state index contributed by atoms with van der Waals surface area (Å²) in [5, 5.41) is 6.10. The molecule has 2 N–H and O–H groups in total. The zero-order valence-corrected chi connectivity index (χ0v) is 14.4. The van der Waals surface area contributed by atoms with Gasteiger partial charge in [-0.25, -0.2) is 4.98 Å². The molecule has 0 spiro atoms. The summed E-state index contributed by atoms with van der Waals surface area (Å²) in [6.45, 7) is 5.20. The van der Waals surface area contributed by atoms with E-state index in [1.807, 2.05) is 36.4 Å². The van der Waals surface area contributed by atoms with E-state index in [-0.39, 0.29) is 5.91 Å². The van der Waals surface area contributed by atoms with Gasteiger partial charge in [0, 0.05) is 11.0 Å². The van der Waals surface area contributed by atoms with Crippen molar-refractivity contribution in [2.75, 3.05) is 17.2 Å². The van der Waals surface area contributed by atoms with Crippen LogP contribution in [-0.2, 0) is 11.2 Å². The first-order chi connectivity index (χ1) is 10.5. The third kappa shape index (κ3) is 5.48. The Bertz CT molecular complexity index is 626. The molecule has 0 saturated carbocycles. The molecule has 116 valence electrons. The molecule has 0 aliphatic heterocycles. The third-order valence-corrected chi connectivity index (χ3v) is 3.49. The highest BCUT2D eigenvalue weighted by Crippen LogP contribution is 2.14. The number of aromatic nitrogens is 1. The number of hydrogen-bond acceptors (Lipinski definition) is 3. The zero-order valence-electron chi connectivity index (χ0n) is 12.8. The van der Waals surface area contributed by atoms with Gasteiger partial charge < -0.3 is 10.6 Å². The van der Waals surface area contributed by atoms with E-state index in [1.54, 1.807) is 6.20 Å². The highest BCUT2D eigenvalue weighted by atomic mass is 79.9. The van der Waals surface area contributed by atoms with E-state index in [1.165, 1.54) is 0 Å². The van der Waals surface area contributed by atoms with Gasteiger partial charge in [0.05, 0.1) is 18.3 Å². The number of rotatable bonds is 6. The fourth-order valence-corrected chi connectivity index (χ4v) is 2.36. The molecule has 1 amide bonds. The zero-order chi connectivity index (χ0) is 15.9. The maximum Gasteiger partial charge on any atom is 0.229 e. The Balaban J connectivity index is 1.89. The molecule has 2 rings (SSSR count). The fraction of sp³-hybridized carbons (Fsp3) is 0.294. The molecule has 22 heavy (non-hydrogen) atoms. The van der Waals surface area contributed by atoms with Crippen molar-refractivity contribution in [2.45, 2.75) is 20.3 Å². The lowest BCUT2D eigenvalue weighted by molar-refractivity contribution is -0.115. The van der Waals surface area contributed by atoms with Crippen LogP contribution < -0.4 is 10.6 Å². The predicted molar refractivity (Wildman–Crippen MR) is 94.0 cm³/mol. The molecule has 0 bridgehead atoms. The minimum Gasteiger partial charge on any atom is -0.384 e. The van der Waals surface area contributed by atoms with Crippen LogP contribution in [0, 0.1) is 5.92 Å². The second-order valence-electron chi connectivity index (χ2n) is 5.56. The number of hydrogen-bond donors (Lipinski definition) is 2. The van der Waals surface area contributed by atoms with Crippen LogP contribution in [0.5, 0.6) is 0 Å². The summed E-state index contributed by atoms with van der Waals surface area (Å²) in [6.07, 6.45) is 2.06. The summed E-state index contributed by atoms with van der Waals surface area (Å²) >= 11 is 3.40. The van der Waals surface area contributed by atoms with E-state index in [4.69, 9.17) is 0 Å². The SMILES string of the molecule is CC(C)CNc1ccc(NC(=O)Cc2cccc(Br)c2)nc1. The normalized spacial score (nSPS) is 10.5. The van der Waals surface area contributed by atoms with Crippen molar-refractivity contribution in [2.24, 2.45) is 5.92 Å². The van der Waals surface area contributed by atoms with Crippen LogP contribution in [0.2, 0.25) is 0 Å². The van der Waals surface area contributed by atoms with E-state index in [0.29, 0.717) is 18.2 Å². The summed E-state index contributed by atoms with van der Waals surface area (Å²) < 4.78 is 0.969. The van der Waals surface area contributed by atoms with Gasteiger partial charge in [-0.05, 0) is 35.7 Å². The Labute approximate surface area is 139 Å². The van der Waals surface area contributed by atoms with Crippen LogP contribution >= 0.6 is 15.9 Å². The summed E-state index contributed by atoms with van der Waals surface area (Å²) in [5.74, 6) is 1.06. The Morgan fingerprint density at radius 1 is 1.27 bits per heavy atom. The van der Waals surface area contributed by atoms with Gasteiger partial charge in [0.1, 0.15) is 5.82 Å². The van der Waals surface area contributed by atoms with E-state index in [2.05, 4.69) is 45.4 Å².